The molecule has 0 saturated carbocycles. The summed E-state index contributed by atoms with van der Waals surface area (Å²) in [7, 11) is -1.14. The Kier molecular flexibility index (Phi) is 1.81. The van der Waals surface area contributed by atoms with E-state index >= 15 is 0 Å². The third kappa shape index (κ3) is 1.08. The van der Waals surface area contributed by atoms with Gasteiger partial charge in [-0.25, -0.2) is 0 Å². The second-order valence-electron chi connectivity index (χ2n) is 3.80. The average molecular weight is 153 g/mol. The van der Waals surface area contributed by atoms with Crippen molar-refractivity contribution in [3.05, 3.63) is 10.7 Å². The summed E-state index contributed by atoms with van der Waals surface area (Å²) in [6.07, 6.45) is 0. The van der Waals surface area contributed by atoms with E-state index in [1.165, 1.54) is 0 Å². The average Bonchev–Trinajstić information content (AvgIpc) is 1.95. The first kappa shape index (κ1) is 8.08. The van der Waals surface area contributed by atoms with E-state index in [4.69, 9.17) is 0 Å². The summed E-state index contributed by atoms with van der Waals surface area (Å²) in [6.45, 7) is 12.1. The van der Waals surface area contributed by atoms with E-state index in [0.717, 1.165) is 0 Å². The monoisotopic (exact) mass is 153 g/mol. The van der Waals surface area contributed by atoms with Crippen LogP contribution in [0.15, 0.2) is 10.7 Å². The molecule has 1 nitrogen and oxygen atoms in total. The highest BCUT2D eigenvalue weighted by Gasteiger charge is 2.35. The molecule has 1 N–H and O–H groups in total. The minimum atomic E-state index is -1.14. The van der Waals surface area contributed by atoms with Gasteiger partial charge < -0.3 is 4.89 Å². The molecule has 0 amide bonds. The molecule has 1 aliphatic rings. The van der Waals surface area contributed by atoms with Crippen molar-refractivity contribution in [2.45, 2.75) is 33.8 Å². The Morgan fingerprint density at radius 3 is 1.90 bits per heavy atom. The molecular weight excluding hydrogens is 137 g/mol. The predicted molar refractivity (Wildman–Crippen MR) is 50.6 cm³/mol. The zero-order chi connectivity index (χ0) is 7.94. The number of nitrogens with one attached hydrogen (secondary N) is 1. The van der Waals surface area contributed by atoms with Gasteiger partial charge in [0.1, 0.15) is 8.24 Å². The first-order valence-electron chi connectivity index (χ1n) is 3.90. The van der Waals surface area contributed by atoms with Crippen LogP contribution in [0.1, 0.15) is 13.8 Å². The number of rotatable bonds is 0. The molecule has 0 unspecified atom stereocenters. The maximum absolute atomic E-state index is 3.66. The summed E-state index contributed by atoms with van der Waals surface area (Å²) < 4.78 is 0. The summed E-state index contributed by atoms with van der Waals surface area (Å²) >= 11 is 0. The van der Waals surface area contributed by atoms with Crippen molar-refractivity contribution in [2.24, 2.45) is 0 Å². The lowest BCUT2D eigenvalue weighted by molar-refractivity contribution is 1.40. The quantitative estimate of drug-likeness (QED) is 0.523. The number of hydrogen-bond acceptors (Lipinski definition) is 1. The van der Waals surface area contributed by atoms with Crippen molar-refractivity contribution in [1.29, 1.82) is 0 Å². The highest BCUT2D eigenvalue weighted by molar-refractivity contribution is 6.95. The van der Waals surface area contributed by atoms with Gasteiger partial charge in [0.15, 0.2) is 0 Å². The lowest BCUT2D eigenvalue weighted by Gasteiger charge is -2.18. The molecule has 10 heavy (non-hydrogen) atoms. The zero-order valence-corrected chi connectivity index (χ0v) is 8.58. The third-order valence-electron chi connectivity index (χ3n) is 2.76. The van der Waals surface area contributed by atoms with Crippen LogP contribution < -0.4 is 4.89 Å². The minimum Gasteiger partial charge on any atom is -0.372 e. The van der Waals surface area contributed by atoms with Gasteiger partial charge in [-0.15, -0.1) is 0 Å². The Hall–Kier alpha value is -0.0182. The van der Waals surface area contributed by atoms with Crippen LogP contribution in [0, 0.1) is 0 Å². The molecule has 0 bridgehead atoms. The van der Waals surface area contributed by atoms with Crippen molar-refractivity contribution in [2.75, 3.05) is 0 Å². The summed E-state index contributed by atoms with van der Waals surface area (Å²) in [5.41, 5.74) is 1.57. The molecule has 0 spiro atoms. The van der Waals surface area contributed by atoms with E-state index in [-0.39, 0.29) is 0 Å². The molecule has 0 aromatic heterocycles. The van der Waals surface area contributed by atoms with Gasteiger partial charge in [-0.1, -0.05) is 37.5 Å². The van der Waals surface area contributed by atoms with Crippen LogP contribution in [0.4, 0.5) is 0 Å². The molecule has 0 saturated heterocycles. The first-order valence-corrected chi connectivity index (χ1v) is 6.90. The minimum absolute atomic E-state index is 0.627. The lowest BCUT2D eigenvalue weighted by Crippen LogP contribution is -2.46. The van der Waals surface area contributed by atoms with Gasteiger partial charge in [-0.3, -0.25) is 0 Å². The largest absolute Gasteiger partial charge is 0.372 e. The fraction of sp³-hybridized carbons (Fsp3) is 0.714. The molecule has 1 heterocycles. The molecule has 56 valence electrons. The van der Waals surface area contributed by atoms with E-state index < -0.39 is 8.24 Å². The Morgan fingerprint density at radius 2 is 1.80 bits per heavy atom. The first-order chi connectivity index (χ1) is 4.45. The second kappa shape index (κ2) is 2.24. The highest BCUT2D eigenvalue weighted by Crippen LogP contribution is 2.23. The maximum atomic E-state index is 3.66. The summed E-state index contributed by atoms with van der Waals surface area (Å²) in [6, 6.07) is 0. The fourth-order valence-corrected chi connectivity index (χ4v) is 4.29. The molecule has 3 heteroatoms. The van der Waals surface area contributed by atoms with Gasteiger partial charge in [0, 0.05) is 0 Å². The van der Waals surface area contributed by atoms with E-state index in [9.17, 15) is 0 Å². The van der Waals surface area contributed by atoms with Gasteiger partial charge in [0.05, 0.1) is 0 Å². The van der Waals surface area contributed by atoms with Crippen LogP contribution in [0.2, 0.25) is 19.9 Å². The summed E-state index contributed by atoms with van der Waals surface area (Å²) in [5, 5.41) is 1.64. The van der Waals surface area contributed by atoms with E-state index in [0.29, 0.717) is 6.85 Å². The molecule has 0 aromatic carbocycles. The van der Waals surface area contributed by atoms with Gasteiger partial charge >= 0.3 is 0 Å². The molecule has 0 aliphatic carbocycles. The van der Waals surface area contributed by atoms with Crippen molar-refractivity contribution >= 4 is 15.1 Å². The molecular formula is C7H16BNSi. The molecule has 0 radical (unpaired) electrons. The van der Waals surface area contributed by atoms with Crippen LogP contribution >= 0.6 is 0 Å². The molecule has 0 aromatic rings. The summed E-state index contributed by atoms with van der Waals surface area (Å²) in [4.78, 5) is 3.66. The Labute approximate surface area is 65.1 Å². The lowest BCUT2D eigenvalue weighted by atomic mass is 9.60. The maximum Gasteiger partial charge on any atom is 0.240 e. The van der Waals surface area contributed by atoms with Crippen LogP contribution in [0.5, 0.6) is 0 Å². The fourth-order valence-electron chi connectivity index (χ4n) is 1.58. The van der Waals surface area contributed by atoms with Crippen molar-refractivity contribution in [3.8, 4) is 0 Å². The summed E-state index contributed by atoms with van der Waals surface area (Å²) in [5.74, 6) is 0. The van der Waals surface area contributed by atoms with E-state index in [1.54, 1.807) is 10.7 Å². The van der Waals surface area contributed by atoms with Gasteiger partial charge in [0.2, 0.25) is 6.85 Å². The van der Waals surface area contributed by atoms with Crippen molar-refractivity contribution < 1.29 is 0 Å². The van der Waals surface area contributed by atoms with Gasteiger partial charge in [-0.05, 0) is 6.92 Å². The highest BCUT2D eigenvalue weighted by atomic mass is 28.3. The predicted octanol–water partition coefficient (Wildman–Crippen LogP) is 1.83. The number of hydrogen-bond donors (Lipinski definition) is 1. The van der Waals surface area contributed by atoms with Crippen LogP contribution in [0.3, 0.4) is 0 Å². The van der Waals surface area contributed by atoms with Crippen molar-refractivity contribution in [3.63, 3.8) is 0 Å². The van der Waals surface area contributed by atoms with Crippen LogP contribution in [0.25, 0.3) is 0 Å². The zero-order valence-electron chi connectivity index (χ0n) is 7.58. The normalized spacial score (nSPS) is 24.3. The Balaban J connectivity index is 2.95. The van der Waals surface area contributed by atoms with Gasteiger partial charge in [0.25, 0.3) is 0 Å². The molecule has 0 atom stereocenters. The Morgan fingerprint density at radius 1 is 1.30 bits per heavy atom. The SMILES string of the molecule is CB1N[Si](C)(C)C(C)=C1C. The standard InChI is InChI=1S/C7H16BNSi/c1-6-7(2)10(4,5)9-8(6)3/h9H,1-5H3. The topological polar surface area (TPSA) is 12.0 Å². The van der Waals surface area contributed by atoms with Crippen LogP contribution in [-0.2, 0) is 0 Å². The van der Waals surface area contributed by atoms with Crippen molar-refractivity contribution in [1.82, 2.24) is 4.89 Å². The Bertz CT molecular complexity index is 186. The number of allylic oxidation sites excluding steroid dienone is 2. The van der Waals surface area contributed by atoms with E-state index in [2.05, 4.69) is 38.7 Å². The van der Waals surface area contributed by atoms with Gasteiger partial charge in [-0.2, -0.15) is 0 Å². The molecule has 0 fully saturated rings. The molecule has 1 rings (SSSR count). The van der Waals surface area contributed by atoms with E-state index in [1.807, 2.05) is 0 Å². The third-order valence-corrected chi connectivity index (χ3v) is 6.18. The molecule has 1 aliphatic heterocycles. The smallest absolute Gasteiger partial charge is 0.240 e. The van der Waals surface area contributed by atoms with Crippen LogP contribution in [-0.4, -0.2) is 15.1 Å². The second-order valence-corrected chi connectivity index (χ2v) is 8.09.